The zero-order chi connectivity index (χ0) is 10.0. The second-order valence-electron chi connectivity index (χ2n) is 4.61. The minimum Gasteiger partial charge on any atom is -0.328 e. The molecule has 0 fully saturated rings. The molecule has 0 amide bonds. The molecule has 0 saturated carbocycles. The normalized spacial score (nSPS) is 41.9. The minimum absolute atomic E-state index is 0.323. The van der Waals surface area contributed by atoms with Crippen molar-refractivity contribution in [2.75, 3.05) is 0 Å². The minimum atomic E-state index is 0.323. The number of hydrogen-bond acceptors (Lipinski definition) is 1. The average Bonchev–Trinajstić information content (AvgIpc) is 2.04. The smallest absolute Gasteiger partial charge is 0.00470 e. The van der Waals surface area contributed by atoms with Gasteiger partial charge in [0.05, 0.1) is 0 Å². The quantitative estimate of drug-likeness (QED) is 0.651. The van der Waals surface area contributed by atoms with E-state index in [-0.39, 0.29) is 0 Å². The maximum Gasteiger partial charge on any atom is 0.00470 e. The summed E-state index contributed by atoms with van der Waals surface area (Å²) in [4.78, 5) is 0. The predicted molar refractivity (Wildman–Crippen MR) is 58.4 cm³/mol. The summed E-state index contributed by atoms with van der Waals surface area (Å²) >= 11 is 0. The van der Waals surface area contributed by atoms with Crippen LogP contribution in [0.1, 0.15) is 34.1 Å². The summed E-state index contributed by atoms with van der Waals surface area (Å²) in [6.45, 7) is 9.04. The van der Waals surface area contributed by atoms with Crippen LogP contribution >= 0.6 is 0 Å². The van der Waals surface area contributed by atoms with E-state index in [4.69, 9.17) is 5.73 Å². The van der Waals surface area contributed by atoms with Crippen LogP contribution in [-0.4, -0.2) is 6.04 Å². The van der Waals surface area contributed by atoms with Gasteiger partial charge in [0.25, 0.3) is 0 Å². The first-order valence-electron chi connectivity index (χ1n) is 5.51. The summed E-state index contributed by atoms with van der Waals surface area (Å²) in [6, 6.07) is 0.323. The second kappa shape index (κ2) is 4.28. The third kappa shape index (κ3) is 2.14. The lowest BCUT2D eigenvalue weighted by atomic mass is 9.68. The molecule has 0 saturated heterocycles. The van der Waals surface area contributed by atoms with Crippen molar-refractivity contribution in [3.63, 3.8) is 0 Å². The molecule has 0 aromatic heterocycles. The number of rotatable bonds is 2. The van der Waals surface area contributed by atoms with E-state index in [1.807, 2.05) is 0 Å². The van der Waals surface area contributed by atoms with Crippen molar-refractivity contribution in [1.29, 1.82) is 0 Å². The van der Waals surface area contributed by atoms with Gasteiger partial charge in [0, 0.05) is 6.04 Å². The van der Waals surface area contributed by atoms with Crippen LogP contribution in [0.2, 0.25) is 0 Å². The van der Waals surface area contributed by atoms with Gasteiger partial charge in [-0.3, -0.25) is 0 Å². The van der Waals surface area contributed by atoms with Crippen LogP contribution < -0.4 is 5.73 Å². The molecule has 0 radical (unpaired) electrons. The molecule has 0 heterocycles. The molecular formula is C12H23N. The van der Waals surface area contributed by atoms with Crippen molar-refractivity contribution in [3.05, 3.63) is 12.2 Å². The van der Waals surface area contributed by atoms with Gasteiger partial charge in [-0.15, -0.1) is 0 Å². The van der Waals surface area contributed by atoms with Crippen LogP contribution in [0.25, 0.3) is 0 Å². The molecule has 0 spiro atoms. The maximum atomic E-state index is 6.03. The van der Waals surface area contributed by atoms with Crippen molar-refractivity contribution < 1.29 is 0 Å². The van der Waals surface area contributed by atoms with Gasteiger partial charge in [-0.2, -0.15) is 0 Å². The lowest BCUT2D eigenvalue weighted by molar-refractivity contribution is 0.187. The van der Waals surface area contributed by atoms with Crippen LogP contribution in [0.15, 0.2) is 12.2 Å². The van der Waals surface area contributed by atoms with E-state index in [1.165, 1.54) is 6.42 Å². The Hall–Kier alpha value is -0.300. The standard InChI is InChI=1S/C12H23N/c1-5-11-7-6-8(2)12(9(11)3)10(4)13/h6-12H,5,13H2,1-4H3. The Morgan fingerprint density at radius 1 is 1.31 bits per heavy atom. The Balaban J connectivity index is 2.78. The molecule has 1 nitrogen and oxygen atoms in total. The molecule has 0 aliphatic heterocycles. The molecule has 0 bridgehead atoms. The lowest BCUT2D eigenvalue weighted by Crippen LogP contribution is -2.39. The summed E-state index contributed by atoms with van der Waals surface area (Å²) in [5.41, 5.74) is 6.03. The van der Waals surface area contributed by atoms with Crippen LogP contribution in [0.5, 0.6) is 0 Å². The zero-order valence-corrected chi connectivity index (χ0v) is 9.33. The van der Waals surface area contributed by atoms with Crippen molar-refractivity contribution in [2.24, 2.45) is 29.4 Å². The van der Waals surface area contributed by atoms with Crippen LogP contribution in [0.4, 0.5) is 0 Å². The summed E-state index contributed by atoms with van der Waals surface area (Å²) < 4.78 is 0. The van der Waals surface area contributed by atoms with Crippen molar-refractivity contribution in [2.45, 2.75) is 40.2 Å². The zero-order valence-electron chi connectivity index (χ0n) is 9.33. The van der Waals surface area contributed by atoms with Gasteiger partial charge in [-0.1, -0.05) is 32.9 Å². The summed E-state index contributed by atoms with van der Waals surface area (Å²) in [5, 5.41) is 0. The molecule has 0 aromatic carbocycles. The molecule has 0 aromatic rings. The first kappa shape index (κ1) is 10.8. The predicted octanol–water partition coefficient (Wildman–Crippen LogP) is 2.82. The Morgan fingerprint density at radius 2 is 1.92 bits per heavy atom. The van der Waals surface area contributed by atoms with Crippen molar-refractivity contribution >= 4 is 0 Å². The fourth-order valence-corrected chi connectivity index (χ4v) is 2.85. The fraction of sp³-hybridized carbons (Fsp3) is 0.833. The van der Waals surface area contributed by atoms with E-state index in [0.717, 1.165) is 11.8 Å². The van der Waals surface area contributed by atoms with Gasteiger partial charge in [-0.25, -0.2) is 0 Å². The molecule has 2 N–H and O–H groups in total. The highest BCUT2D eigenvalue weighted by molar-refractivity contribution is 5.04. The summed E-state index contributed by atoms with van der Waals surface area (Å²) in [6.07, 6.45) is 5.98. The van der Waals surface area contributed by atoms with E-state index in [0.29, 0.717) is 17.9 Å². The Bertz CT molecular complexity index is 184. The SMILES string of the molecule is CCC1C=CC(C)C(C(C)N)C1C. The van der Waals surface area contributed by atoms with Gasteiger partial charge in [-0.05, 0) is 37.0 Å². The van der Waals surface area contributed by atoms with E-state index < -0.39 is 0 Å². The van der Waals surface area contributed by atoms with Gasteiger partial charge < -0.3 is 5.73 Å². The third-order valence-corrected chi connectivity index (χ3v) is 3.63. The second-order valence-corrected chi connectivity index (χ2v) is 4.61. The van der Waals surface area contributed by atoms with Crippen LogP contribution in [-0.2, 0) is 0 Å². The molecule has 5 atom stereocenters. The largest absolute Gasteiger partial charge is 0.328 e. The van der Waals surface area contributed by atoms with Gasteiger partial charge in [0.1, 0.15) is 0 Å². The highest BCUT2D eigenvalue weighted by Crippen LogP contribution is 2.36. The molecular weight excluding hydrogens is 158 g/mol. The van der Waals surface area contributed by atoms with Crippen molar-refractivity contribution in [3.8, 4) is 0 Å². The van der Waals surface area contributed by atoms with E-state index in [1.54, 1.807) is 0 Å². The summed E-state index contributed by atoms with van der Waals surface area (Å²) in [5.74, 6) is 2.80. The number of hydrogen-bond donors (Lipinski definition) is 1. The monoisotopic (exact) mass is 181 g/mol. The van der Waals surface area contributed by atoms with Crippen LogP contribution in [0, 0.1) is 23.7 Å². The van der Waals surface area contributed by atoms with E-state index in [2.05, 4.69) is 39.8 Å². The Labute approximate surface area is 82.4 Å². The van der Waals surface area contributed by atoms with E-state index >= 15 is 0 Å². The maximum absolute atomic E-state index is 6.03. The van der Waals surface area contributed by atoms with Crippen molar-refractivity contribution in [1.82, 2.24) is 0 Å². The molecule has 76 valence electrons. The fourth-order valence-electron chi connectivity index (χ4n) is 2.85. The molecule has 1 heteroatoms. The molecule has 1 aliphatic rings. The van der Waals surface area contributed by atoms with Gasteiger partial charge in [0.15, 0.2) is 0 Å². The van der Waals surface area contributed by atoms with Gasteiger partial charge >= 0.3 is 0 Å². The Morgan fingerprint density at radius 3 is 2.38 bits per heavy atom. The topological polar surface area (TPSA) is 26.0 Å². The number of allylic oxidation sites excluding steroid dienone is 2. The first-order chi connectivity index (χ1) is 6.07. The highest BCUT2D eigenvalue weighted by atomic mass is 14.6. The summed E-state index contributed by atoms with van der Waals surface area (Å²) in [7, 11) is 0. The van der Waals surface area contributed by atoms with E-state index in [9.17, 15) is 0 Å². The molecule has 1 aliphatic carbocycles. The third-order valence-electron chi connectivity index (χ3n) is 3.63. The number of nitrogens with two attached hydrogens (primary N) is 1. The lowest BCUT2D eigenvalue weighted by Gasteiger charge is -2.38. The average molecular weight is 181 g/mol. The molecule has 5 unspecified atom stereocenters. The highest BCUT2D eigenvalue weighted by Gasteiger charge is 2.32. The first-order valence-corrected chi connectivity index (χ1v) is 5.51. The Kier molecular flexibility index (Phi) is 3.55. The van der Waals surface area contributed by atoms with Crippen LogP contribution in [0.3, 0.4) is 0 Å². The molecule has 13 heavy (non-hydrogen) atoms. The van der Waals surface area contributed by atoms with Gasteiger partial charge in [0.2, 0.25) is 0 Å². The molecule has 1 rings (SSSR count).